The SMILES string of the molecule is Cn1c(-c2c(N)cccc2C(F)(F)F)nc2cc(Oc3ccnc(-c4ncc(C(F)(F)F)[nH]4)c3)ccc21. The molecule has 0 radical (unpaired) electrons. The zero-order valence-corrected chi connectivity index (χ0v) is 18.8. The summed E-state index contributed by atoms with van der Waals surface area (Å²) in [6, 6.07) is 11.2. The van der Waals surface area contributed by atoms with Crippen LogP contribution in [0.1, 0.15) is 11.3 Å². The molecule has 3 aromatic heterocycles. The number of H-pyrrole nitrogens is 1. The Morgan fingerprint density at radius 3 is 2.38 bits per heavy atom. The number of nitrogens with two attached hydrogens (primary N) is 1. The summed E-state index contributed by atoms with van der Waals surface area (Å²) in [6.07, 6.45) is -7.21. The first-order valence-corrected chi connectivity index (χ1v) is 10.6. The van der Waals surface area contributed by atoms with Crippen molar-refractivity contribution in [1.29, 1.82) is 0 Å². The third-order valence-electron chi connectivity index (χ3n) is 5.57. The number of nitrogen functional groups attached to an aromatic ring is 1. The van der Waals surface area contributed by atoms with E-state index in [1.54, 1.807) is 19.2 Å². The Balaban J connectivity index is 1.48. The molecule has 37 heavy (non-hydrogen) atoms. The number of halogens is 6. The van der Waals surface area contributed by atoms with E-state index in [1.807, 2.05) is 0 Å². The van der Waals surface area contributed by atoms with Gasteiger partial charge < -0.3 is 20.0 Å². The number of nitrogens with zero attached hydrogens (tertiary/aromatic N) is 4. The average Bonchev–Trinajstić information content (AvgIpc) is 3.44. The number of aromatic nitrogens is 5. The lowest BCUT2D eigenvalue weighted by Gasteiger charge is -2.14. The van der Waals surface area contributed by atoms with Crippen LogP contribution < -0.4 is 10.5 Å². The summed E-state index contributed by atoms with van der Waals surface area (Å²) in [5, 5.41) is 0. The zero-order chi connectivity index (χ0) is 26.5. The molecule has 0 amide bonds. The van der Waals surface area contributed by atoms with Crippen LogP contribution in [0.5, 0.6) is 11.5 Å². The van der Waals surface area contributed by atoms with E-state index in [0.717, 1.165) is 6.07 Å². The number of hydrogen-bond acceptors (Lipinski definition) is 5. The van der Waals surface area contributed by atoms with Crippen molar-refractivity contribution < 1.29 is 31.1 Å². The molecule has 0 aliphatic heterocycles. The highest BCUT2D eigenvalue weighted by Crippen LogP contribution is 2.41. The molecule has 5 aromatic rings. The molecule has 0 atom stereocenters. The number of nitrogens with one attached hydrogen (secondary N) is 1. The zero-order valence-electron chi connectivity index (χ0n) is 18.8. The van der Waals surface area contributed by atoms with Crippen LogP contribution in [-0.4, -0.2) is 24.5 Å². The lowest BCUT2D eigenvalue weighted by atomic mass is 10.0. The number of alkyl halides is 6. The number of fused-ring (bicyclic) bond motifs is 1. The molecule has 0 saturated carbocycles. The minimum absolute atomic E-state index is 0.0297. The van der Waals surface area contributed by atoms with Crippen molar-refractivity contribution in [2.24, 2.45) is 7.05 Å². The number of aromatic amines is 1. The monoisotopic (exact) mass is 518 g/mol. The van der Waals surface area contributed by atoms with Gasteiger partial charge in [0.2, 0.25) is 0 Å². The molecular weight excluding hydrogens is 502 g/mol. The molecule has 2 aromatic carbocycles. The largest absolute Gasteiger partial charge is 0.457 e. The van der Waals surface area contributed by atoms with Crippen molar-refractivity contribution in [1.82, 2.24) is 24.5 Å². The van der Waals surface area contributed by atoms with Gasteiger partial charge >= 0.3 is 12.4 Å². The molecule has 0 aliphatic carbocycles. The summed E-state index contributed by atoms with van der Waals surface area (Å²) in [6.45, 7) is 0. The standard InChI is InChI=1S/C24H16F6N6O/c1-36-18-6-5-12(9-16(18)34-22(36)20-14(23(25,26)27)3-2-4-15(20)31)37-13-7-8-32-17(10-13)21-33-11-19(35-21)24(28,29)30/h2-11H,31H2,1H3,(H,33,35). The Labute approximate surface area is 204 Å². The average molecular weight is 518 g/mol. The number of pyridine rings is 1. The van der Waals surface area contributed by atoms with Crippen LogP contribution in [0.3, 0.4) is 0 Å². The number of imidazole rings is 2. The number of benzene rings is 2. The number of aryl methyl sites for hydroxylation is 1. The third-order valence-corrected chi connectivity index (χ3v) is 5.57. The van der Waals surface area contributed by atoms with Gasteiger partial charge in [-0.2, -0.15) is 26.3 Å². The minimum Gasteiger partial charge on any atom is -0.457 e. The molecule has 3 N–H and O–H groups in total. The maximum Gasteiger partial charge on any atom is 0.432 e. The van der Waals surface area contributed by atoms with E-state index in [2.05, 4.69) is 19.9 Å². The molecular formula is C24H16F6N6O. The van der Waals surface area contributed by atoms with E-state index < -0.39 is 23.6 Å². The molecule has 0 spiro atoms. The lowest BCUT2D eigenvalue weighted by Crippen LogP contribution is -2.10. The number of anilines is 1. The second kappa shape index (κ2) is 8.54. The lowest BCUT2D eigenvalue weighted by molar-refractivity contribution is -0.141. The number of hydrogen-bond donors (Lipinski definition) is 2. The highest BCUT2D eigenvalue weighted by molar-refractivity contribution is 5.86. The molecule has 0 aliphatic rings. The molecule has 5 rings (SSSR count). The van der Waals surface area contributed by atoms with Gasteiger partial charge in [0.25, 0.3) is 0 Å². The summed E-state index contributed by atoms with van der Waals surface area (Å²) in [5.74, 6) is 0.476. The first-order valence-electron chi connectivity index (χ1n) is 10.6. The number of rotatable bonds is 4. The van der Waals surface area contributed by atoms with Crippen molar-refractivity contribution in [3.05, 3.63) is 72.2 Å². The van der Waals surface area contributed by atoms with Crippen LogP contribution in [0.15, 0.2) is 60.9 Å². The molecule has 0 saturated heterocycles. The Morgan fingerprint density at radius 1 is 0.919 bits per heavy atom. The molecule has 7 nitrogen and oxygen atoms in total. The first-order chi connectivity index (χ1) is 17.4. The highest BCUT2D eigenvalue weighted by atomic mass is 19.4. The topological polar surface area (TPSA) is 94.6 Å². The third kappa shape index (κ3) is 4.55. The summed E-state index contributed by atoms with van der Waals surface area (Å²) in [4.78, 5) is 14.3. The van der Waals surface area contributed by atoms with E-state index in [0.29, 0.717) is 23.0 Å². The Morgan fingerprint density at radius 2 is 1.68 bits per heavy atom. The Hall–Kier alpha value is -4.55. The van der Waals surface area contributed by atoms with E-state index in [9.17, 15) is 26.3 Å². The van der Waals surface area contributed by atoms with E-state index in [-0.39, 0.29) is 34.3 Å². The minimum atomic E-state index is -4.63. The fourth-order valence-corrected chi connectivity index (χ4v) is 3.86. The Bertz CT molecular complexity index is 1620. The predicted molar refractivity (Wildman–Crippen MR) is 122 cm³/mol. The van der Waals surface area contributed by atoms with Crippen molar-refractivity contribution in [2.45, 2.75) is 12.4 Å². The smallest absolute Gasteiger partial charge is 0.432 e. The molecule has 190 valence electrons. The first kappa shape index (κ1) is 24.2. The van der Waals surface area contributed by atoms with Crippen LogP contribution in [0.4, 0.5) is 32.0 Å². The normalized spacial score (nSPS) is 12.3. The van der Waals surface area contributed by atoms with Gasteiger partial charge in [0.05, 0.1) is 28.4 Å². The predicted octanol–water partition coefficient (Wildman–Crippen LogP) is 6.44. The summed E-state index contributed by atoms with van der Waals surface area (Å²) in [7, 11) is 1.57. The fraction of sp³-hybridized carbons (Fsp3) is 0.125. The molecule has 0 fully saturated rings. The molecule has 3 heterocycles. The maximum absolute atomic E-state index is 13.6. The molecule has 0 unspecified atom stereocenters. The summed E-state index contributed by atoms with van der Waals surface area (Å²) < 4.78 is 86.8. The van der Waals surface area contributed by atoms with Crippen molar-refractivity contribution in [3.8, 4) is 34.4 Å². The second-order valence-electron chi connectivity index (χ2n) is 8.03. The van der Waals surface area contributed by atoms with Crippen LogP contribution in [-0.2, 0) is 19.4 Å². The van der Waals surface area contributed by atoms with E-state index >= 15 is 0 Å². The Kier molecular flexibility index (Phi) is 5.57. The van der Waals surface area contributed by atoms with Gasteiger partial charge in [-0.1, -0.05) is 6.07 Å². The van der Waals surface area contributed by atoms with Crippen LogP contribution in [0.25, 0.3) is 33.9 Å². The van der Waals surface area contributed by atoms with Gasteiger partial charge in [0.15, 0.2) is 5.82 Å². The van der Waals surface area contributed by atoms with Crippen LogP contribution in [0.2, 0.25) is 0 Å². The van der Waals surface area contributed by atoms with Gasteiger partial charge in [0.1, 0.15) is 28.7 Å². The van der Waals surface area contributed by atoms with Gasteiger partial charge in [0, 0.05) is 31.1 Å². The van der Waals surface area contributed by atoms with Crippen molar-refractivity contribution >= 4 is 16.7 Å². The van der Waals surface area contributed by atoms with E-state index in [1.165, 1.54) is 41.1 Å². The van der Waals surface area contributed by atoms with Gasteiger partial charge in [-0.15, -0.1) is 0 Å². The second-order valence-corrected chi connectivity index (χ2v) is 8.03. The number of ether oxygens (including phenoxy) is 1. The van der Waals surface area contributed by atoms with Crippen molar-refractivity contribution in [2.75, 3.05) is 5.73 Å². The quantitative estimate of drug-likeness (QED) is 0.211. The van der Waals surface area contributed by atoms with Gasteiger partial charge in [-0.25, -0.2) is 9.97 Å². The van der Waals surface area contributed by atoms with Crippen LogP contribution >= 0.6 is 0 Å². The van der Waals surface area contributed by atoms with Crippen molar-refractivity contribution in [3.63, 3.8) is 0 Å². The fourth-order valence-electron chi connectivity index (χ4n) is 3.86. The van der Waals surface area contributed by atoms with Gasteiger partial charge in [-0.3, -0.25) is 4.98 Å². The molecule has 13 heteroatoms. The van der Waals surface area contributed by atoms with E-state index in [4.69, 9.17) is 10.5 Å². The highest BCUT2D eigenvalue weighted by Gasteiger charge is 2.36. The summed E-state index contributed by atoms with van der Waals surface area (Å²) in [5.41, 5.74) is 4.69. The van der Waals surface area contributed by atoms with Gasteiger partial charge in [-0.05, 0) is 30.3 Å². The van der Waals surface area contributed by atoms with Crippen LogP contribution in [0, 0.1) is 0 Å². The maximum atomic E-state index is 13.6. The summed E-state index contributed by atoms with van der Waals surface area (Å²) >= 11 is 0. The molecule has 0 bridgehead atoms.